The Hall–Kier alpha value is -2.74. The second kappa shape index (κ2) is 7.25. The summed E-state index contributed by atoms with van der Waals surface area (Å²) in [6.07, 6.45) is 0. The van der Waals surface area contributed by atoms with E-state index in [9.17, 15) is 0 Å². The van der Waals surface area contributed by atoms with Crippen molar-refractivity contribution < 1.29 is 9.47 Å². The van der Waals surface area contributed by atoms with Crippen molar-refractivity contribution >= 4 is 0 Å². The van der Waals surface area contributed by atoms with Crippen molar-refractivity contribution in [2.24, 2.45) is 0 Å². The third-order valence-corrected chi connectivity index (χ3v) is 4.88. The van der Waals surface area contributed by atoms with Crippen LogP contribution in [-0.4, -0.2) is 0 Å². The molecule has 0 radical (unpaired) electrons. The molecule has 0 fully saturated rings. The lowest BCUT2D eigenvalue weighted by Gasteiger charge is -2.15. The van der Waals surface area contributed by atoms with Crippen LogP contribution in [0.1, 0.15) is 33.4 Å². The summed E-state index contributed by atoms with van der Waals surface area (Å²) in [4.78, 5) is 0. The molecule has 3 aromatic rings. The molecule has 0 aliphatic heterocycles. The van der Waals surface area contributed by atoms with Crippen LogP contribution in [-0.2, 0) is 0 Å². The summed E-state index contributed by atoms with van der Waals surface area (Å²) in [5.41, 5.74) is 7.09. The van der Waals surface area contributed by atoms with Crippen LogP contribution >= 0.6 is 0 Å². The number of ether oxygens (including phenoxy) is 2. The normalized spacial score (nSPS) is 10.7. The molecule has 0 aliphatic carbocycles. The number of hydrogen-bond donors (Lipinski definition) is 0. The van der Waals surface area contributed by atoms with Gasteiger partial charge in [0.1, 0.15) is 23.0 Å². The fourth-order valence-electron chi connectivity index (χ4n) is 2.79. The van der Waals surface area contributed by atoms with E-state index in [2.05, 4.69) is 52.0 Å². The van der Waals surface area contributed by atoms with Crippen molar-refractivity contribution in [3.05, 3.63) is 81.9 Å². The quantitative estimate of drug-likeness (QED) is 0.500. The Morgan fingerprint density at radius 3 is 1.15 bits per heavy atom. The standard InChI is InChI=1S/C24H26O2/c1-15-7-9-21(11-17(15)3)25-23-13-20(6)24(14-19(23)5)26-22-10-8-16(2)18(4)12-22/h7-14H,1-6H3. The van der Waals surface area contributed by atoms with Crippen LogP contribution in [0, 0.1) is 41.5 Å². The largest absolute Gasteiger partial charge is 0.457 e. The summed E-state index contributed by atoms with van der Waals surface area (Å²) < 4.78 is 12.2. The molecule has 2 nitrogen and oxygen atoms in total. The molecule has 0 saturated heterocycles. The minimum absolute atomic E-state index is 0.859. The Labute approximate surface area is 156 Å². The first-order chi connectivity index (χ1) is 12.3. The summed E-state index contributed by atoms with van der Waals surface area (Å²) >= 11 is 0. The lowest BCUT2D eigenvalue weighted by Crippen LogP contribution is -1.94. The fraction of sp³-hybridized carbons (Fsp3) is 0.250. The maximum atomic E-state index is 6.11. The number of benzene rings is 3. The van der Waals surface area contributed by atoms with Crippen molar-refractivity contribution in [3.63, 3.8) is 0 Å². The highest BCUT2D eigenvalue weighted by Gasteiger charge is 2.10. The third-order valence-electron chi connectivity index (χ3n) is 4.88. The van der Waals surface area contributed by atoms with Gasteiger partial charge in [0.25, 0.3) is 0 Å². The molecule has 3 aromatic carbocycles. The van der Waals surface area contributed by atoms with Crippen LogP contribution in [0.2, 0.25) is 0 Å². The molecule has 0 bridgehead atoms. The first-order valence-corrected chi connectivity index (χ1v) is 8.95. The maximum Gasteiger partial charge on any atom is 0.130 e. The van der Waals surface area contributed by atoms with Crippen molar-refractivity contribution in [1.29, 1.82) is 0 Å². The van der Waals surface area contributed by atoms with E-state index in [0.29, 0.717) is 0 Å². The van der Waals surface area contributed by atoms with Crippen molar-refractivity contribution in [2.75, 3.05) is 0 Å². The van der Waals surface area contributed by atoms with Gasteiger partial charge < -0.3 is 9.47 Å². The summed E-state index contributed by atoms with van der Waals surface area (Å²) in [6.45, 7) is 12.5. The second-order valence-corrected chi connectivity index (χ2v) is 7.08. The molecule has 0 heterocycles. The molecule has 134 valence electrons. The van der Waals surface area contributed by atoms with Gasteiger partial charge in [0.05, 0.1) is 0 Å². The van der Waals surface area contributed by atoms with Gasteiger partial charge in [0.15, 0.2) is 0 Å². The van der Waals surface area contributed by atoms with Crippen LogP contribution in [0.5, 0.6) is 23.0 Å². The average molecular weight is 346 g/mol. The van der Waals surface area contributed by atoms with Gasteiger partial charge in [-0.25, -0.2) is 0 Å². The predicted octanol–water partition coefficient (Wildman–Crippen LogP) is 7.12. The zero-order valence-corrected chi connectivity index (χ0v) is 16.4. The van der Waals surface area contributed by atoms with Crippen molar-refractivity contribution in [2.45, 2.75) is 41.5 Å². The third kappa shape index (κ3) is 3.91. The van der Waals surface area contributed by atoms with Crippen LogP contribution in [0.25, 0.3) is 0 Å². The molecule has 0 saturated carbocycles. The fourth-order valence-corrected chi connectivity index (χ4v) is 2.79. The van der Waals surface area contributed by atoms with Crippen molar-refractivity contribution in [3.8, 4) is 23.0 Å². The van der Waals surface area contributed by atoms with Gasteiger partial charge in [-0.1, -0.05) is 12.1 Å². The second-order valence-electron chi connectivity index (χ2n) is 7.08. The van der Waals surface area contributed by atoms with Gasteiger partial charge in [-0.15, -0.1) is 0 Å². The molecule has 3 rings (SSSR count). The van der Waals surface area contributed by atoms with E-state index in [-0.39, 0.29) is 0 Å². The molecule has 2 heteroatoms. The van der Waals surface area contributed by atoms with E-state index in [4.69, 9.17) is 9.47 Å². The molecule has 0 atom stereocenters. The van der Waals surface area contributed by atoms with Crippen LogP contribution in [0.15, 0.2) is 48.5 Å². The Morgan fingerprint density at radius 2 is 0.808 bits per heavy atom. The van der Waals surface area contributed by atoms with Crippen LogP contribution < -0.4 is 9.47 Å². The van der Waals surface area contributed by atoms with E-state index >= 15 is 0 Å². The lowest BCUT2D eigenvalue weighted by molar-refractivity contribution is 0.462. The predicted molar refractivity (Wildman–Crippen MR) is 108 cm³/mol. The lowest BCUT2D eigenvalue weighted by atomic mass is 10.1. The average Bonchev–Trinajstić information content (AvgIpc) is 2.59. The zero-order valence-electron chi connectivity index (χ0n) is 16.4. The number of aryl methyl sites for hydroxylation is 6. The van der Waals surface area contributed by atoms with E-state index in [1.165, 1.54) is 22.3 Å². The highest BCUT2D eigenvalue weighted by Crippen LogP contribution is 2.34. The van der Waals surface area contributed by atoms with Gasteiger partial charge in [0, 0.05) is 0 Å². The smallest absolute Gasteiger partial charge is 0.130 e. The first kappa shape index (κ1) is 18.1. The van der Waals surface area contributed by atoms with Gasteiger partial charge in [0.2, 0.25) is 0 Å². The number of hydrogen-bond acceptors (Lipinski definition) is 2. The summed E-state index contributed by atoms with van der Waals surface area (Å²) in [5, 5.41) is 0. The van der Waals surface area contributed by atoms with Crippen molar-refractivity contribution in [1.82, 2.24) is 0 Å². The Kier molecular flexibility index (Phi) is 5.03. The van der Waals surface area contributed by atoms with Crippen LogP contribution in [0.4, 0.5) is 0 Å². The minimum Gasteiger partial charge on any atom is -0.457 e. The molecule has 0 aliphatic rings. The molecule has 0 N–H and O–H groups in total. The SMILES string of the molecule is Cc1ccc(Oc2cc(C)c(Oc3ccc(C)c(C)c3)cc2C)cc1C. The summed E-state index contributed by atoms with van der Waals surface area (Å²) in [7, 11) is 0. The van der Waals surface area contributed by atoms with E-state index in [0.717, 1.165) is 34.1 Å². The highest BCUT2D eigenvalue weighted by atomic mass is 16.5. The van der Waals surface area contributed by atoms with Gasteiger partial charge in [-0.3, -0.25) is 0 Å². The first-order valence-electron chi connectivity index (χ1n) is 8.95. The Bertz CT molecular complexity index is 875. The molecule has 26 heavy (non-hydrogen) atoms. The molecule has 0 unspecified atom stereocenters. The molecule has 0 aromatic heterocycles. The van der Waals surface area contributed by atoms with E-state index in [1.807, 2.05) is 38.1 Å². The van der Waals surface area contributed by atoms with E-state index < -0.39 is 0 Å². The highest BCUT2D eigenvalue weighted by molar-refractivity contribution is 5.49. The minimum atomic E-state index is 0.859. The van der Waals surface area contributed by atoms with Gasteiger partial charge >= 0.3 is 0 Å². The number of rotatable bonds is 4. The Balaban J connectivity index is 1.85. The monoisotopic (exact) mass is 346 g/mol. The summed E-state index contributed by atoms with van der Waals surface area (Å²) in [5.74, 6) is 3.44. The summed E-state index contributed by atoms with van der Waals surface area (Å²) in [6, 6.07) is 16.4. The van der Waals surface area contributed by atoms with Gasteiger partial charge in [-0.2, -0.15) is 0 Å². The van der Waals surface area contributed by atoms with Gasteiger partial charge in [-0.05, 0) is 111 Å². The molecular formula is C24H26O2. The Morgan fingerprint density at radius 1 is 0.423 bits per heavy atom. The van der Waals surface area contributed by atoms with Crippen LogP contribution in [0.3, 0.4) is 0 Å². The topological polar surface area (TPSA) is 18.5 Å². The molecule has 0 spiro atoms. The zero-order chi connectivity index (χ0) is 18.8. The molecular weight excluding hydrogens is 320 g/mol. The molecule has 0 amide bonds. The maximum absolute atomic E-state index is 6.11. The van der Waals surface area contributed by atoms with E-state index in [1.54, 1.807) is 0 Å².